The number of hydrogen-bond donors (Lipinski definition) is 8. The minimum Gasteiger partial charge on any atom is -0.395 e. The minimum atomic E-state index is -5.03. The zero-order valence-corrected chi connectivity index (χ0v) is 34.1. The largest absolute Gasteiger partial charge is 0.395 e. The number of carbonyl (C=O) groups excluding carboxylic acids is 4. The monoisotopic (exact) mass is 908 g/mol. The zero-order chi connectivity index (χ0) is 44.5. The molecule has 60 heavy (non-hydrogen) atoms. The van der Waals surface area contributed by atoms with Crippen molar-refractivity contribution in [2.24, 2.45) is 0 Å². The van der Waals surface area contributed by atoms with Crippen LogP contribution in [-0.4, -0.2) is 114 Å². The van der Waals surface area contributed by atoms with E-state index in [0.29, 0.717) is 0 Å². The summed E-state index contributed by atoms with van der Waals surface area (Å²) in [5, 5.41) is 26.8. The molecule has 0 aliphatic heterocycles. The number of benzene rings is 4. The first-order chi connectivity index (χ1) is 28.0. The molecular formula is C36H36N4O16S4. The summed E-state index contributed by atoms with van der Waals surface area (Å²) < 4.78 is 120. The predicted molar refractivity (Wildman–Crippen MR) is 215 cm³/mol. The lowest BCUT2D eigenvalue weighted by atomic mass is 10.1. The molecule has 0 fully saturated rings. The molecule has 4 aromatic carbocycles. The Labute approximate surface area is 343 Å². The van der Waals surface area contributed by atoms with E-state index in [4.69, 9.17) is 10.2 Å². The number of amides is 4. The van der Waals surface area contributed by atoms with Gasteiger partial charge < -0.3 is 31.5 Å². The van der Waals surface area contributed by atoms with Gasteiger partial charge in [-0.15, -0.1) is 0 Å². The third kappa shape index (κ3) is 12.8. The zero-order valence-electron chi connectivity index (χ0n) is 30.8. The number of aliphatic hydroxyl groups is 2. The fourth-order valence-electron chi connectivity index (χ4n) is 5.20. The summed E-state index contributed by atoms with van der Waals surface area (Å²) in [4.78, 5) is 47.6. The van der Waals surface area contributed by atoms with Gasteiger partial charge in [-0.05, 0) is 71.8 Å². The number of nitrogens with one attached hydrogen (secondary N) is 4. The normalized spacial score (nSPS) is 12.1. The third-order valence-electron chi connectivity index (χ3n) is 7.96. The second-order valence-electron chi connectivity index (χ2n) is 12.4. The molecule has 24 heteroatoms. The van der Waals surface area contributed by atoms with Crippen LogP contribution >= 0.6 is 0 Å². The lowest BCUT2D eigenvalue weighted by Crippen LogP contribution is -2.32. The quantitative estimate of drug-likeness (QED) is 0.0501. The maximum Gasteiger partial charge on any atom is 0.295 e. The number of sulfone groups is 2. The van der Waals surface area contributed by atoms with Gasteiger partial charge in [-0.25, -0.2) is 16.8 Å². The lowest BCUT2D eigenvalue weighted by molar-refractivity contribution is -0.119. The van der Waals surface area contributed by atoms with Crippen molar-refractivity contribution in [2.75, 3.05) is 48.4 Å². The van der Waals surface area contributed by atoms with E-state index in [1.807, 2.05) is 0 Å². The topological polar surface area (TPSA) is 334 Å². The summed E-state index contributed by atoms with van der Waals surface area (Å²) in [6, 6.07) is 15.5. The van der Waals surface area contributed by atoms with E-state index < -0.39 is 98.0 Å². The fourth-order valence-corrected chi connectivity index (χ4v) is 9.03. The van der Waals surface area contributed by atoms with Gasteiger partial charge in [0.1, 0.15) is 21.3 Å². The number of rotatable bonds is 18. The Morgan fingerprint density at radius 1 is 0.517 bits per heavy atom. The molecule has 8 N–H and O–H groups in total. The summed E-state index contributed by atoms with van der Waals surface area (Å²) in [5.41, 5.74) is -1.26. The van der Waals surface area contributed by atoms with E-state index in [1.165, 1.54) is 36.4 Å². The Kier molecular flexibility index (Phi) is 15.2. The number of carbonyl (C=O) groups is 4. The standard InChI is InChI=1S/C36H36N4O16S4/c41-15-13-37-33(43)21-57(47,48)29-5-1-3-25(17-29)35(45)39-27-11-9-23(31(19-27)59(51,52)53)7-8-24-10-12-28(20-32(24)60(54,55)56)40-36(46)26-4-2-6-30(18-26)58(49,50)22-34(44)38-14-16-42/h1-12,17-20,41-42H,13-16,21-22H2,(H,37,43)(H,38,44)(H,39,45)(H,40,46)(H,51,52,53)(H,54,55,56)/b8-7+. The van der Waals surface area contributed by atoms with Crippen LogP contribution in [0.2, 0.25) is 0 Å². The molecule has 20 nitrogen and oxygen atoms in total. The van der Waals surface area contributed by atoms with E-state index in [2.05, 4.69) is 21.3 Å². The Morgan fingerprint density at radius 2 is 0.883 bits per heavy atom. The molecule has 320 valence electrons. The van der Waals surface area contributed by atoms with Crippen molar-refractivity contribution < 1.29 is 72.2 Å². The van der Waals surface area contributed by atoms with E-state index in [9.17, 15) is 62.0 Å². The molecule has 0 aromatic heterocycles. The first-order valence-electron chi connectivity index (χ1n) is 17.0. The van der Waals surface area contributed by atoms with Crippen molar-refractivity contribution in [1.29, 1.82) is 0 Å². The average Bonchev–Trinajstić information content (AvgIpc) is 3.18. The van der Waals surface area contributed by atoms with Gasteiger partial charge in [0, 0.05) is 35.6 Å². The molecule has 0 heterocycles. The predicted octanol–water partition coefficient (Wildman–Crippen LogP) is 0.619. The lowest BCUT2D eigenvalue weighted by Gasteiger charge is -2.11. The highest BCUT2D eigenvalue weighted by Crippen LogP contribution is 2.27. The van der Waals surface area contributed by atoms with Crippen LogP contribution < -0.4 is 21.3 Å². The molecule has 0 saturated carbocycles. The third-order valence-corrected chi connectivity index (χ3v) is 13.0. The molecule has 0 bridgehead atoms. The van der Waals surface area contributed by atoms with Gasteiger partial charge in [0.05, 0.1) is 23.0 Å². The molecule has 0 aliphatic rings. The molecule has 0 unspecified atom stereocenters. The smallest absolute Gasteiger partial charge is 0.295 e. The first-order valence-corrected chi connectivity index (χ1v) is 23.2. The van der Waals surface area contributed by atoms with Gasteiger partial charge in [0.15, 0.2) is 19.7 Å². The molecule has 0 atom stereocenters. The van der Waals surface area contributed by atoms with Crippen molar-refractivity contribution in [2.45, 2.75) is 19.6 Å². The van der Waals surface area contributed by atoms with Crippen LogP contribution in [0.15, 0.2) is 105 Å². The molecule has 0 saturated heterocycles. The fraction of sp³-hybridized carbons (Fsp3) is 0.167. The van der Waals surface area contributed by atoms with E-state index in [0.717, 1.165) is 60.7 Å². The van der Waals surface area contributed by atoms with Crippen molar-refractivity contribution in [3.8, 4) is 0 Å². The van der Waals surface area contributed by atoms with Crippen LogP contribution in [-0.2, 0) is 49.5 Å². The van der Waals surface area contributed by atoms with E-state index in [-0.39, 0.29) is 56.5 Å². The highest BCUT2D eigenvalue weighted by Gasteiger charge is 2.24. The van der Waals surface area contributed by atoms with Gasteiger partial charge >= 0.3 is 0 Å². The van der Waals surface area contributed by atoms with Gasteiger partial charge in [-0.2, -0.15) is 16.8 Å². The van der Waals surface area contributed by atoms with Crippen molar-refractivity contribution >= 4 is 87.1 Å². The number of aliphatic hydroxyl groups excluding tert-OH is 2. The maximum atomic E-state index is 13.0. The molecule has 4 aromatic rings. The highest BCUT2D eigenvalue weighted by atomic mass is 32.2. The van der Waals surface area contributed by atoms with Gasteiger partial charge in [-0.1, -0.05) is 36.4 Å². The van der Waals surface area contributed by atoms with Gasteiger partial charge in [-0.3, -0.25) is 28.3 Å². The summed E-state index contributed by atoms with van der Waals surface area (Å²) in [6.45, 7) is -1.17. The molecular weight excluding hydrogens is 873 g/mol. The molecule has 0 spiro atoms. The Bertz CT molecular complexity index is 2620. The van der Waals surface area contributed by atoms with Crippen molar-refractivity contribution in [1.82, 2.24) is 10.6 Å². The van der Waals surface area contributed by atoms with Gasteiger partial charge in [0.2, 0.25) is 11.8 Å². The summed E-state index contributed by atoms with van der Waals surface area (Å²) in [7, 11) is -18.5. The van der Waals surface area contributed by atoms with Crippen molar-refractivity contribution in [3.05, 3.63) is 107 Å². The summed E-state index contributed by atoms with van der Waals surface area (Å²) in [6.07, 6.45) is 2.11. The molecule has 4 rings (SSSR count). The van der Waals surface area contributed by atoms with E-state index >= 15 is 0 Å². The molecule has 0 radical (unpaired) electrons. The van der Waals surface area contributed by atoms with E-state index in [1.54, 1.807) is 0 Å². The van der Waals surface area contributed by atoms with Gasteiger partial charge in [0.25, 0.3) is 32.1 Å². The van der Waals surface area contributed by atoms with Crippen LogP contribution in [0.25, 0.3) is 12.2 Å². The average molecular weight is 909 g/mol. The second-order valence-corrected chi connectivity index (χ2v) is 19.2. The number of hydrogen-bond acceptors (Lipinski definition) is 14. The van der Waals surface area contributed by atoms with Crippen LogP contribution in [0, 0.1) is 0 Å². The van der Waals surface area contributed by atoms with Crippen LogP contribution in [0.5, 0.6) is 0 Å². The van der Waals surface area contributed by atoms with Crippen LogP contribution in [0.1, 0.15) is 31.8 Å². The maximum absolute atomic E-state index is 13.0. The van der Waals surface area contributed by atoms with Crippen LogP contribution in [0.3, 0.4) is 0 Å². The Balaban J connectivity index is 1.56. The summed E-state index contributed by atoms with van der Waals surface area (Å²) in [5.74, 6) is -5.55. The SMILES string of the molecule is O=C(CS(=O)(=O)c1cccc(C(=O)Nc2ccc(/C=C/c3ccc(NC(=O)c4cccc(S(=O)(=O)CC(=O)NCCO)c4)cc3S(=O)(=O)O)c(S(=O)(=O)O)c2)c1)NCCO. The van der Waals surface area contributed by atoms with Crippen molar-refractivity contribution in [3.63, 3.8) is 0 Å². The first kappa shape index (κ1) is 46.8. The minimum absolute atomic E-state index is 0.173. The molecule has 0 aliphatic carbocycles. The summed E-state index contributed by atoms with van der Waals surface area (Å²) >= 11 is 0. The Morgan fingerprint density at radius 3 is 1.22 bits per heavy atom. The second kappa shape index (κ2) is 19.5. The number of anilines is 2. The highest BCUT2D eigenvalue weighted by molar-refractivity contribution is 7.92. The Hall–Kier alpha value is -5.86. The van der Waals surface area contributed by atoms with Crippen LogP contribution in [0.4, 0.5) is 11.4 Å². The molecule has 4 amide bonds.